The molecule has 0 spiro atoms. The Morgan fingerprint density at radius 3 is 2.07 bits per heavy atom. The predicted molar refractivity (Wildman–Crippen MR) is 168 cm³/mol. The van der Waals surface area contributed by atoms with Crippen molar-refractivity contribution >= 4 is 21.3 Å². The zero-order chi connectivity index (χ0) is 32.4. The van der Waals surface area contributed by atoms with Gasteiger partial charge in [-0.1, -0.05) is 91.0 Å². The van der Waals surface area contributed by atoms with Gasteiger partial charge >= 0.3 is 0 Å². The summed E-state index contributed by atoms with van der Waals surface area (Å²) in [6.45, 7) is 2.29. The van der Waals surface area contributed by atoms with E-state index in [2.05, 4.69) is 15.1 Å². The zero-order valence-corrected chi connectivity index (χ0v) is 26.2. The molecule has 6 rings (SSSR count). The quantitative estimate of drug-likeness (QED) is 0.205. The highest BCUT2D eigenvalue weighted by atomic mass is 32.2. The summed E-state index contributed by atoms with van der Waals surface area (Å²) >= 11 is 0. The lowest BCUT2D eigenvalue weighted by Crippen LogP contribution is -2.55. The van der Waals surface area contributed by atoms with Gasteiger partial charge in [0, 0.05) is 6.26 Å². The third kappa shape index (κ3) is 6.25. The predicted octanol–water partition coefficient (Wildman–Crippen LogP) is 3.43. The van der Waals surface area contributed by atoms with Crippen LogP contribution in [0.4, 0.5) is 5.82 Å². The number of aliphatic hydroxyl groups is 1. The third-order valence-electron chi connectivity index (χ3n) is 7.97. The Morgan fingerprint density at radius 2 is 1.48 bits per heavy atom. The number of nitrogens with two attached hydrogens (primary N) is 1. The molecule has 0 radical (unpaired) electrons. The van der Waals surface area contributed by atoms with Crippen LogP contribution in [0.5, 0.6) is 0 Å². The summed E-state index contributed by atoms with van der Waals surface area (Å²) < 4.78 is 51.7. The summed E-state index contributed by atoms with van der Waals surface area (Å²) in [6, 6.07) is 28.7. The van der Waals surface area contributed by atoms with Crippen molar-refractivity contribution < 1.29 is 32.5 Å². The summed E-state index contributed by atoms with van der Waals surface area (Å²) in [4.78, 5) is 8.22. The van der Waals surface area contributed by atoms with Gasteiger partial charge in [-0.25, -0.2) is 17.9 Å². The smallest absolute Gasteiger partial charge is 0.267 e. The number of fused-ring (bicyclic) bond motifs is 1. The number of ether oxygens (including phenoxy) is 4. The van der Waals surface area contributed by atoms with Gasteiger partial charge in [0.05, 0.1) is 32.6 Å². The zero-order valence-electron chi connectivity index (χ0n) is 25.4. The van der Waals surface area contributed by atoms with Crippen LogP contribution in [0.3, 0.4) is 0 Å². The second kappa shape index (κ2) is 12.9. The molecule has 1 unspecified atom stereocenters. The topological polar surface area (TPSA) is 160 Å². The van der Waals surface area contributed by atoms with Crippen molar-refractivity contribution in [2.75, 3.05) is 18.6 Å². The molecule has 1 aliphatic rings. The summed E-state index contributed by atoms with van der Waals surface area (Å²) in [5.74, 6) is -2.46. The van der Waals surface area contributed by atoms with E-state index in [1.807, 2.05) is 91.0 Å². The second-order valence-electron chi connectivity index (χ2n) is 11.3. The fourth-order valence-electron chi connectivity index (χ4n) is 5.53. The maximum Gasteiger partial charge on any atom is 0.267 e. The van der Waals surface area contributed by atoms with Crippen molar-refractivity contribution in [2.24, 2.45) is 0 Å². The van der Waals surface area contributed by atoms with Crippen molar-refractivity contribution in [3.05, 3.63) is 120 Å². The number of nitrogen functional groups attached to an aromatic ring is 1. The van der Waals surface area contributed by atoms with E-state index < -0.39 is 38.6 Å². The van der Waals surface area contributed by atoms with E-state index in [0.29, 0.717) is 6.61 Å². The van der Waals surface area contributed by atoms with E-state index in [-0.39, 0.29) is 37.0 Å². The van der Waals surface area contributed by atoms with Gasteiger partial charge in [-0.2, -0.15) is 4.98 Å². The number of sulfone groups is 1. The fraction of sp³-hybridized carbons (Fsp3) is 0.303. The Balaban J connectivity index is 1.43. The minimum atomic E-state index is -3.88. The molecule has 240 valence electrons. The summed E-state index contributed by atoms with van der Waals surface area (Å²) in [7, 11) is -3.88. The molecule has 1 saturated heterocycles. The molecule has 1 fully saturated rings. The molecule has 46 heavy (non-hydrogen) atoms. The van der Waals surface area contributed by atoms with E-state index >= 15 is 0 Å². The van der Waals surface area contributed by atoms with Crippen LogP contribution in [0.25, 0.3) is 5.65 Å². The monoisotopic (exact) mass is 645 g/mol. The Labute approximate surface area is 266 Å². The molecule has 0 amide bonds. The molecule has 3 N–H and O–H groups in total. The molecule has 2 aromatic heterocycles. The number of anilines is 1. The minimum Gasteiger partial charge on any atom is -0.380 e. The van der Waals surface area contributed by atoms with Crippen LogP contribution in [0.15, 0.2) is 102 Å². The highest BCUT2D eigenvalue weighted by Gasteiger charge is 2.67. The summed E-state index contributed by atoms with van der Waals surface area (Å²) in [5.41, 5.74) is 7.22. The number of hydrogen-bond donors (Lipinski definition) is 2. The summed E-state index contributed by atoms with van der Waals surface area (Å²) in [5, 5.41) is 16.3. The van der Waals surface area contributed by atoms with Gasteiger partial charge in [-0.3, -0.25) is 0 Å². The normalized spacial score (nSPS) is 23.2. The summed E-state index contributed by atoms with van der Waals surface area (Å²) in [6.07, 6.45) is 0.539. The van der Waals surface area contributed by atoms with Crippen LogP contribution >= 0.6 is 0 Å². The average molecular weight is 646 g/mol. The van der Waals surface area contributed by atoms with Gasteiger partial charge in [0.25, 0.3) is 5.16 Å². The highest BCUT2D eigenvalue weighted by molar-refractivity contribution is 7.90. The van der Waals surface area contributed by atoms with E-state index in [1.165, 1.54) is 6.20 Å². The molecule has 1 aliphatic heterocycles. The van der Waals surface area contributed by atoms with Crippen LogP contribution in [0, 0.1) is 0 Å². The van der Waals surface area contributed by atoms with Crippen LogP contribution in [0.2, 0.25) is 0 Å². The largest absolute Gasteiger partial charge is 0.380 e. The first kappa shape index (κ1) is 31.7. The molecular formula is C33H35N5O7S. The Morgan fingerprint density at radius 1 is 0.913 bits per heavy atom. The van der Waals surface area contributed by atoms with E-state index in [1.54, 1.807) is 6.92 Å². The highest BCUT2D eigenvalue weighted by Crippen LogP contribution is 2.49. The minimum absolute atomic E-state index is 0.0177. The molecule has 0 bridgehead atoms. The molecular weight excluding hydrogens is 610 g/mol. The van der Waals surface area contributed by atoms with Gasteiger partial charge in [0.15, 0.2) is 17.1 Å². The third-order valence-corrected chi connectivity index (χ3v) is 8.81. The Kier molecular flexibility index (Phi) is 8.88. The number of nitrogens with zero attached hydrogens (tertiary/aromatic N) is 4. The van der Waals surface area contributed by atoms with Crippen molar-refractivity contribution in [1.82, 2.24) is 19.6 Å². The lowest BCUT2D eigenvalue weighted by Gasteiger charge is -2.39. The van der Waals surface area contributed by atoms with Crippen molar-refractivity contribution in [3.63, 3.8) is 0 Å². The van der Waals surface area contributed by atoms with Gasteiger partial charge in [0.2, 0.25) is 15.6 Å². The van der Waals surface area contributed by atoms with Crippen LogP contribution in [-0.4, -0.2) is 63.8 Å². The van der Waals surface area contributed by atoms with Gasteiger partial charge in [-0.05, 0) is 23.6 Å². The number of hydrogen-bond acceptors (Lipinski definition) is 11. The van der Waals surface area contributed by atoms with Crippen LogP contribution in [-0.2, 0) is 54.4 Å². The Bertz CT molecular complexity index is 1890. The van der Waals surface area contributed by atoms with Gasteiger partial charge < -0.3 is 29.8 Å². The standard InChI is InChI=1S/C33H35N5O7S/c1-32(44-21-25-16-10-5-11-17-25)28(43-20-24-14-8-4-9-15-24)26(22-42-19-23-12-6-3-7-13-23)45-33(32,39)27-18-35-30-29(34)36-31(37-38(27)30)46(2,40)41/h3-18,26,28,39H,19-22H2,1-2H3,(H2,34,36,37)/t26-,28-,32-,33?/m1/s1. The molecule has 4 atom stereocenters. The molecule has 3 heterocycles. The first-order chi connectivity index (χ1) is 22.1. The molecule has 12 nitrogen and oxygen atoms in total. The Hall–Kier alpha value is -4.24. The molecule has 13 heteroatoms. The SMILES string of the molecule is C[C@@]1(OCc2ccccc2)[C@H](OCc2ccccc2)[C@@H](COCc2ccccc2)OC1(O)c1cnc2c(N)nc(S(C)(=O)=O)nn12. The van der Waals surface area contributed by atoms with Crippen molar-refractivity contribution in [3.8, 4) is 0 Å². The molecule has 0 saturated carbocycles. The van der Waals surface area contributed by atoms with Crippen molar-refractivity contribution in [1.29, 1.82) is 0 Å². The maximum atomic E-state index is 12.7. The molecule has 3 aromatic carbocycles. The second-order valence-corrected chi connectivity index (χ2v) is 13.2. The molecule has 0 aliphatic carbocycles. The van der Waals surface area contributed by atoms with E-state index in [4.69, 9.17) is 24.7 Å². The number of benzene rings is 3. The number of imidazole rings is 1. The number of aromatic nitrogens is 4. The van der Waals surface area contributed by atoms with Crippen LogP contribution < -0.4 is 5.73 Å². The van der Waals surface area contributed by atoms with Gasteiger partial charge in [-0.15, -0.1) is 5.10 Å². The lowest BCUT2D eigenvalue weighted by atomic mass is 9.87. The van der Waals surface area contributed by atoms with Crippen LogP contribution in [0.1, 0.15) is 29.3 Å². The maximum absolute atomic E-state index is 12.7. The first-order valence-electron chi connectivity index (χ1n) is 14.7. The van der Waals surface area contributed by atoms with Crippen molar-refractivity contribution in [2.45, 2.75) is 55.5 Å². The van der Waals surface area contributed by atoms with Gasteiger partial charge in [0.1, 0.15) is 17.9 Å². The molecule has 5 aromatic rings. The first-order valence-corrected chi connectivity index (χ1v) is 16.5. The lowest BCUT2D eigenvalue weighted by molar-refractivity contribution is -0.294. The number of rotatable bonds is 12. The van der Waals surface area contributed by atoms with E-state index in [9.17, 15) is 13.5 Å². The van der Waals surface area contributed by atoms with E-state index in [0.717, 1.165) is 27.5 Å². The fourth-order valence-corrected chi connectivity index (χ4v) is 6.03. The average Bonchev–Trinajstić information content (AvgIpc) is 3.58.